The van der Waals surface area contributed by atoms with Crippen LogP contribution in [0.15, 0.2) is 6.20 Å². The average molecular weight is 256 g/mol. The minimum Gasteiger partial charge on any atom is -0.383 e. The summed E-state index contributed by atoms with van der Waals surface area (Å²) in [6, 6.07) is -0.0748. The lowest BCUT2D eigenvalue weighted by atomic mass is 10.2. The average Bonchev–Trinajstić information content (AvgIpc) is 2.37. The van der Waals surface area contributed by atoms with Gasteiger partial charge in [0.25, 0.3) is 0 Å². The van der Waals surface area contributed by atoms with Crippen LogP contribution in [0.25, 0.3) is 0 Å². The number of methoxy groups -OCH3 is 1. The molecule has 9 nitrogen and oxygen atoms in total. The van der Waals surface area contributed by atoms with Gasteiger partial charge in [-0.2, -0.15) is 4.98 Å². The Morgan fingerprint density at radius 2 is 2.39 bits per heavy atom. The van der Waals surface area contributed by atoms with Crippen molar-refractivity contribution in [2.75, 3.05) is 24.5 Å². The fourth-order valence-electron chi connectivity index (χ4n) is 1.34. The Labute approximate surface area is 104 Å². The lowest BCUT2D eigenvalue weighted by Gasteiger charge is -2.16. The maximum absolute atomic E-state index is 10.9. The van der Waals surface area contributed by atoms with Crippen molar-refractivity contribution in [1.29, 1.82) is 0 Å². The zero-order valence-electron chi connectivity index (χ0n) is 10.2. The quantitative estimate of drug-likeness (QED) is 0.365. The molecule has 0 aliphatic carbocycles. The summed E-state index contributed by atoms with van der Waals surface area (Å²) < 4.78 is 5.01. The third-order valence-electron chi connectivity index (χ3n) is 2.30. The van der Waals surface area contributed by atoms with Crippen LogP contribution in [0, 0.1) is 10.1 Å². The van der Waals surface area contributed by atoms with E-state index in [1.807, 2.05) is 6.92 Å². The summed E-state index contributed by atoms with van der Waals surface area (Å²) >= 11 is 0. The predicted molar refractivity (Wildman–Crippen MR) is 66.1 cm³/mol. The SMILES string of the molecule is CCC(COC)Nc1nc(NN)ncc1[N+](=O)[O-]. The van der Waals surface area contributed by atoms with Crippen LogP contribution >= 0.6 is 0 Å². The number of rotatable bonds is 7. The molecule has 1 unspecified atom stereocenters. The largest absolute Gasteiger partial charge is 0.383 e. The van der Waals surface area contributed by atoms with Gasteiger partial charge in [0.2, 0.25) is 11.8 Å². The zero-order chi connectivity index (χ0) is 13.5. The molecule has 0 saturated heterocycles. The number of nitrogens with one attached hydrogen (secondary N) is 2. The smallest absolute Gasteiger partial charge is 0.329 e. The molecule has 0 saturated carbocycles. The van der Waals surface area contributed by atoms with Gasteiger partial charge in [-0.25, -0.2) is 10.8 Å². The van der Waals surface area contributed by atoms with Gasteiger partial charge in [-0.05, 0) is 6.42 Å². The van der Waals surface area contributed by atoms with Crippen molar-refractivity contribution < 1.29 is 9.66 Å². The van der Waals surface area contributed by atoms with E-state index < -0.39 is 4.92 Å². The first kappa shape index (κ1) is 14.1. The first-order valence-electron chi connectivity index (χ1n) is 5.35. The molecule has 0 aromatic carbocycles. The van der Waals surface area contributed by atoms with Crippen LogP contribution in [-0.2, 0) is 4.74 Å². The second-order valence-electron chi connectivity index (χ2n) is 3.53. The van der Waals surface area contributed by atoms with Crippen LogP contribution < -0.4 is 16.6 Å². The van der Waals surface area contributed by atoms with E-state index in [1.165, 1.54) is 0 Å². The van der Waals surface area contributed by atoms with Gasteiger partial charge >= 0.3 is 5.69 Å². The molecule has 1 aromatic heterocycles. The molecule has 0 aliphatic rings. The monoisotopic (exact) mass is 256 g/mol. The van der Waals surface area contributed by atoms with Crippen LogP contribution in [0.4, 0.5) is 17.5 Å². The molecule has 1 aromatic rings. The van der Waals surface area contributed by atoms with Crippen LogP contribution in [0.5, 0.6) is 0 Å². The summed E-state index contributed by atoms with van der Waals surface area (Å²) in [5, 5.41) is 13.8. The Bertz CT molecular complexity index is 413. The molecule has 9 heteroatoms. The topological polar surface area (TPSA) is 128 Å². The highest BCUT2D eigenvalue weighted by Crippen LogP contribution is 2.22. The first-order valence-corrected chi connectivity index (χ1v) is 5.35. The van der Waals surface area contributed by atoms with Gasteiger partial charge < -0.3 is 10.1 Å². The van der Waals surface area contributed by atoms with Crippen molar-refractivity contribution in [1.82, 2.24) is 9.97 Å². The molecule has 0 radical (unpaired) electrons. The van der Waals surface area contributed by atoms with Gasteiger partial charge in [0.05, 0.1) is 17.6 Å². The molecule has 1 heterocycles. The van der Waals surface area contributed by atoms with E-state index in [4.69, 9.17) is 10.6 Å². The van der Waals surface area contributed by atoms with Crippen molar-refractivity contribution >= 4 is 17.5 Å². The first-order chi connectivity index (χ1) is 8.62. The molecule has 0 amide bonds. The molecular weight excluding hydrogens is 240 g/mol. The van der Waals surface area contributed by atoms with Crippen molar-refractivity contribution in [2.24, 2.45) is 5.84 Å². The number of nitrogens with zero attached hydrogens (tertiary/aromatic N) is 3. The summed E-state index contributed by atoms with van der Waals surface area (Å²) in [6.07, 6.45) is 1.84. The standard InChI is InChI=1S/C9H16N6O3/c1-3-6(5-18-2)12-8-7(15(16)17)4-11-9(13-8)14-10/h4,6H,3,5,10H2,1-2H3,(H2,11,12,13,14). The normalized spacial score (nSPS) is 11.9. The van der Waals surface area contributed by atoms with Crippen LogP contribution in [0.1, 0.15) is 13.3 Å². The zero-order valence-corrected chi connectivity index (χ0v) is 10.2. The summed E-state index contributed by atoms with van der Waals surface area (Å²) in [5.74, 6) is 5.39. The molecular formula is C9H16N6O3. The molecule has 18 heavy (non-hydrogen) atoms. The van der Waals surface area contributed by atoms with Crippen molar-refractivity contribution in [3.63, 3.8) is 0 Å². The van der Waals surface area contributed by atoms with Gasteiger partial charge in [-0.3, -0.25) is 15.5 Å². The van der Waals surface area contributed by atoms with Crippen molar-refractivity contribution in [3.8, 4) is 0 Å². The number of nitro groups is 1. The number of nitrogen functional groups attached to an aromatic ring is 1. The highest BCUT2D eigenvalue weighted by molar-refractivity contribution is 5.57. The van der Waals surface area contributed by atoms with E-state index in [-0.39, 0.29) is 23.5 Å². The molecule has 0 spiro atoms. The van der Waals surface area contributed by atoms with Gasteiger partial charge in [0, 0.05) is 7.11 Å². The van der Waals surface area contributed by atoms with Gasteiger partial charge in [-0.15, -0.1) is 0 Å². The van der Waals surface area contributed by atoms with Crippen LogP contribution in [0.3, 0.4) is 0 Å². The Kier molecular flexibility index (Phi) is 5.21. The molecule has 0 fully saturated rings. The number of nitrogens with two attached hydrogens (primary N) is 1. The molecule has 0 bridgehead atoms. The number of hydrogen-bond donors (Lipinski definition) is 3. The van der Waals surface area contributed by atoms with E-state index in [0.717, 1.165) is 12.6 Å². The van der Waals surface area contributed by atoms with Crippen molar-refractivity contribution in [3.05, 3.63) is 16.3 Å². The maximum atomic E-state index is 10.9. The second kappa shape index (κ2) is 6.67. The van der Waals surface area contributed by atoms with Crippen LogP contribution in [-0.4, -0.2) is 34.6 Å². The Hall–Kier alpha value is -2.00. The summed E-state index contributed by atoms with van der Waals surface area (Å²) in [5.41, 5.74) is 2.04. The fourth-order valence-corrected chi connectivity index (χ4v) is 1.34. The molecule has 4 N–H and O–H groups in total. The maximum Gasteiger partial charge on any atom is 0.329 e. The van der Waals surface area contributed by atoms with Gasteiger partial charge in [0.15, 0.2) is 0 Å². The number of anilines is 2. The molecule has 1 atom stereocenters. The Morgan fingerprint density at radius 3 is 2.89 bits per heavy atom. The highest BCUT2D eigenvalue weighted by Gasteiger charge is 2.19. The Morgan fingerprint density at radius 1 is 1.67 bits per heavy atom. The summed E-state index contributed by atoms with van der Waals surface area (Å²) in [4.78, 5) is 17.9. The van der Waals surface area contributed by atoms with E-state index in [1.54, 1.807) is 7.11 Å². The minimum absolute atomic E-state index is 0.0748. The summed E-state index contributed by atoms with van der Waals surface area (Å²) in [7, 11) is 1.56. The molecule has 100 valence electrons. The highest BCUT2D eigenvalue weighted by atomic mass is 16.6. The lowest BCUT2D eigenvalue weighted by molar-refractivity contribution is -0.384. The molecule has 1 rings (SSSR count). The second-order valence-corrected chi connectivity index (χ2v) is 3.53. The van der Waals surface area contributed by atoms with Gasteiger partial charge in [0.1, 0.15) is 6.20 Å². The minimum atomic E-state index is -0.553. The van der Waals surface area contributed by atoms with Crippen LogP contribution in [0.2, 0.25) is 0 Å². The molecule has 0 aliphatic heterocycles. The number of hydrazine groups is 1. The van der Waals surface area contributed by atoms with Gasteiger partial charge in [-0.1, -0.05) is 6.92 Å². The third-order valence-corrected chi connectivity index (χ3v) is 2.30. The number of hydrogen-bond acceptors (Lipinski definition) is 8. The van der Waals surface area contributed by atoms with E-state index in [2.05, 4.69) is 20.7 Å². The van der Waals surface area contributed by atoms with E-state index >= 15 is 0 Å². The van der Waals surface area contributed by atoms with E-state index in [9.17, 15) is 10.1 Å². The lowest BCUT2D eigenvalue weighted by Crippen LogP contribution is -2.25. The fraction of sp³-hybridized carbons (Fsp3) is 0.556. The summed E-state index contributed by atoms with van der Waals surface area (Å²) in [6.45, 7) is 2.36. The predicted octanol–water partition coefficient (Wildman–Crippen LogP) is 0.507. The Balaban J connectivity index is 2.99. The third kappa shape index (κ3) is 3.50. The number of ether oxygens (including phenoxy) is 1. The van der Waals surface area contributed by atoms with E-state index in [0.29, 0.717) is 6.61 Å². The number of aromatic nitrogens is 2. The van der Waals surface area contributed by atoms with Crippen molar-refractivity contribution in [2.45, 2.75) is 19.4 Å².